The minimum Gasteiger partial charge on any atom is -0.484 e. The average molecular weight is 537 g/mol. The Morgan fingerprint density at radius 1 is 0.769 bits per heavy atom. The summed E-state index contributed by atoms with van der Waals surface area (Å²) in [5.74, 6) is 0.169. The highest BCUT2D eigenvalue weighted by molar-refractivity contribution is 7.92. The van der Waals surface area contributed by atoms with Gasteiger partial charge in [-0.2, -0.15) is 0 Å². The summed E-state index contributed by atoms with van der Waals surface area (Å²) < 4.78 is 34.4. The summed E-state index contributed by atoms with van der Waals surface area (Å²) in [7, 11) is -3.83. The normalized spacial score (nSPS) is 11.2. The van der Waals surface area contributed by atoms with Gasteiger partial charge in [-0.05, 0) is 60.3 Å². The van der Waals surface area contributed by atoms with Gasteiger partial charge in [-0.3, -0.25) is 9.10 Å². The van der Waals surface area contributed by atoms with Crippen LogP contribution in [0.3, 0.4) is 0 Å². The molecule has 0 radical (unpaired) electrons. The number of fused-ring (bicyclic) bond motifs is 1. The van der Waals surface area contributed by atoms with Gasteiger partial charge in [0.1, 0.15) is 5.75 Å². The van der Waals surface area contributed by atoms with E-state index in [-0.39, 0.29) is 24.0 Å². The molecule has 5 aromatic rings. The molecule has 1 amide bonds. The molecule has 0 aliphatic rings. The van der Waals surface area contributed by atoms with Gasteiger partial charge in [0.05, 0.1) is 17.1 Å². The van der Waals surface area contributed by atoms with E-state index < -0.39 is 10.0 Å². The van der Waals surface area contributed by atoms with E-state index in [1.54, 1.807) is 48.5 Å². The lowest BCUT2D eigenvalue weighted by Crippen LogP contribution is -2.30. The topological polar surface area (TPSA) is 75.7 Å². The summed E-state index contributed by atoms with van der Waals surface area (Å²) in [6.07, 6.45) is 0. The van der Waals surface area contributed by atoms with Crippen molar-refractivity contribution in [3.8, 4) is 5.75 Å². The molecule has 5 rings (SSSR count). The average Bonchev–Trinajstić information content (AvgIpc) is 2.96. The molecule has 0 bridgehead atoms. The highest BCUT2D eigenvalue weighted by Crippen LogP contribution is 2.28. The van der Waals surface area contributed by atoms with Crippen LogP contribution in [0, 0.1) is 6.92 Å². The van der Waals surface area contributed by atoms with Crippen LogP contribution in [0.15, 0.2) is 126 Å². The fraction of sp³-hybridized carbons (Fsp3) is 0.0938. The number of amides is 1. The molecule has 6 nitrogen and oxygen atoms in total. The van der Waals surface area contributed by atoms with E-state index in [2.05, 4.69) is 5.32 Å². The van der Waals surface area contributed by atoms with Crippen molar-refractivity contribution in [2.24, 2.45) is 0 Å². The van der Waals surface area contributed by atoms with Gasteiger partial charge in [-0.15, -0.1) is 0 Å². The van der Waals surface area contributed by atoms with E-state index in [1.807, 2.05) is 79.7 Å². The molecule has 0 aliphatic carbocycles. The molecular weight excluding hydrogens is 508 g/mol. The van der Waals surface area contributed by atoms with Gasteiger partial charge in [0.2, 0.25) is 0 Å². The van der Waals surface area contributed by atoms with E-state index in [4.69, 9.17) is 4.74 Å². The number of hydrogen-bond acceptors (Lipinski definition) is 4. The molecule has 0 fully saturated rings. The van der Waals surface area contributed by atoms with Crippen LogP contribution in [0.2, 0.25) is 0 Å². The molecule has 0 atom stereocenters. The first-order valence-corrected chi connectivity index (χ1v) is 14.0. The maximum Gasteiger partial charge on any atom is 0.264 e. The zero-order chi connectivity index (χ0) is 27.2. The lowest BCUT2D eigenvalue weighted by atomic mass is 10.1. The quantitative estimate of drug-likeness (QED) is 0.231. The number of ether oxygens (including phenoxy) is 1. The van der Waals surface area contributed by atoms with E-state index >= 15 is 0 Å². The maximum atomic E-state index is 13.7. The fourth-order valence-electron chi connectivity index (χ4n) is 4.28. The predicted octanol–water partition coefficient (Wildman–Crippen LogP) is 6.56. The molecule has 1 N–H and O–H groups in total. The number of benzene rings is 5. The van der Waals surface area contributed by atoms with Gasteiger partial charge in [-0.1, -0.05) is 84.4 Å². The van der Waals surface area contributed by atoms with E-state index in [1.165, 1.54) is 4.31 Å². The third kappa shape index (κ3) is 6.10. The maximum absolute atomic E-state index is 13.7. The highest BCUT2D eigenvalue weighted by atomic mass is 32.2. The SMILES string of the molecule is Cc1ccc(S(=O)(=O)N(Cc2ccccc2)c2ccc(OCC(=O)Nc3cccc4ccccc34)cc2)cc1. The second-order valence-corrected chi connectivity index (χ2v) is 11.0. The Balaban J connectivity index is 1.32. The minimum atomic E-state index is -3.83. The van der Waals surface area contributed by atoms with Crippen LogP contribution in [0.1, 0.15) is 11.1 Å². The van der Waals surface area contributed by atoms with Crippen molar-refractivity contribution in [1.29, 1.82) is 0 Å². The van der Waals surface area contributed by atoms with Crippen LogP contribution in [0.5, 0.6) is 5.75 Å². The number of aryl methyl sites for hydroxylation is 1. The molecular formula is C32H28N2O4S. The van der Waals surface area contributed by atoms with Crippen molar-refractivity contribution in [2.45, 2.75) is 18.4 Å². The van der Waals surface area contributed by atoms with Gasteiger partial charge in [0.25, 0.3) is 15.9 Å². The van der Waals surface area contributed by atoms with Crippen molar-refractivity contribution in [2.75, 3.05) is 16.2 Å². The van der Waals surface area contributed by atoms with Crippen molar-refractivity contribution in [3.63, 3.8) is 0 Å². The Labute approximate surface area is 228 Å². The number of hydrogen-bond donors (Lipinski definition) is 1. The Hall–Kier alpha value is -4.62. The number of carbonyl (C=O) groups excluding carboxylic acids is 1. The van der Waals surface area contributed by atoms with E-state index in [0.29, 0.717) is 11.4 Å². The van der Waals surface area contributed by atoms with Crippen molar-refractivity contribution >= 4 is 38.1 Å². The van der Waals surface area contributed by atoms with Crippen molar-refractivity contribution in [1.82, 2.24) is 0 Å². The van der Waals surface area contributed by atoms with Crippen molar-refractivity contribution in [3.05, 3.63) is 132 Å². The number of nitrogens with zero attached hydrogens (tertiary/aromatic N) is 1. The Morgan fingerprint density at radius 3 is 2.18 bits per heavy atom. The third-order valence-corrected chi connectivity index (χ3v) is 8.12. The predicted molar refractivity (Wildman–Crippen MR) is 156 cm³/mol. The monoisotopic (exact) mass is 536 g/mol. The minimum absolute atomic E-state index is 0.171. The zero-order valence-electron chi connectivity index (χ0n) is 21.4. The number of carbonyl (C=O) groups is 1. The number of anilines is 2. The molecule has 39 heavy (non-hydrogen) atoms. The zero-order valence-corrected chi connectivity index (χ0v) is 22.3. The van der Waals surface area contributed by atoms with Crippen LogP contribution < -0.4 is 14.4 Å². The molecule has 5 aromatic carbocycles. The van der Waals surface area contributed by atoms with Crippen molar-refractivity contribution < 1.29 is 17.9 Å². The molecule has 0 spiro atoms. The lowest BCUT2D eigenvalue weighted by molar-refractivity contribution is -0.118. The summed E-state index contributed by atoms with van der Waals surface area (Å²) in [6, 6.07) is 36.5. The first-order valence-electron chi connectivity index (χ1n) is 12.5. The van der Waals surface area contributed by atoms with Gasteiger partial charge < -0.3 is 10.1 Å². The summed E-state index contributed by atoms with van der Waals surface area (Å²) in [5, 5.41) is 4.89. The highest BCUT2D eigenvalue weighted by Gasteiger charge is 2.25. The van der Waals surface area contributed by atoms with Gasteiger partial charge in [0, 0.05) is 11.1 Å². The Morgan fingerprint density at radius 2 is 1.44 bits per heavy atom. The molecule has 0 saturated heterocycles. The molecule has 0 aromatic heterocycles. The van der Waals surface area contributed by atoms with Crippen LogP contribution >= 0.6 is 0 Å². The van der Waals surface area contributed by atoms with Crippen LogP contribution in [0.4, 0.5) is 11.4 Å². The second-order valence-electron chi connectivity index (χ2n) is 9.17. The summed E-state index contributed by atoms with van der Waals surface area (Å²) >= 11 is 0. The summed E-state index contributed by atoms with van der Waals surface area (Å²) in [5.41, 5.74) is 3.05. The molecule has 0 heterocycles. The molecule has 0 aliphatic heterocycles. The first-order chi connectivity index (χ1) is 18.9. The lowest BCUT2D eigenvalue weighted by Gasteiger charge is -2.25. The molecule has 0 unspecified atom stereocenters. The molecule has 7 heteroatoms. The van der Waals surface area contributed by atoms with E-state index in [9.17, 15) is 13.2 Å². The van der Waals surface area contributed by atoms with Crippen LogP contribution in [0.25, 0.3) is 10.8 Å². The van der Waals surface area contributed by atoms with Gasteiger partial charge >= 0.3 is 0 Å². The summed E-state index contributed by atoms with van der Waals surface area (Å²) in [6.45, 7) is 1.90. The third-order valence-electron chi connectivity index (χ3n) is 6.34. The number of sulfonamides is 1. The molecule has 196 valence electrons. The van der Waals surface area contributed by atoms with Crippen LogP contribution in [-0.2, 0) is 21.4 Å². The largest absolute Gasteiger partial charge is 0.484 e. The second kappa shape index (κ2) is 11.4. The van der Waals surface area contributed by atoms with Crippen LogP contribution in [-0.4, -0.2) is 20.9 Å². The van der Waals surface area contributed by atoms with Gasteiger partial charge in [-0.25, -0.2) is 8.42 Å². The Bertz CT molecular complexity index is 1680. The van der Waals surface area contributed by atoms with E-state index in [0.717, 1.165) is 27.6 Å². The fourth-order valence-corrected chi connectivity index (χ4v) is 5.73. The smallest absolute Gasteiger partial charge is 0.264 e. The molecule has 0 saturated carbocycles. The first kappa shape index (κ1) is 26.0. The van der Waals surface area contributed by atoms with Gasteiger partial charge in [0.15, 0.2) is 6.61 Å². The Kier molecular flexibility index (Phi) is 7.61. The number of nitrogens with one attached hydrogen (secondary N) is 1. The standard InChI is InChI=1S/C32H28N2O4S/c1-24-14-20-29(21-15-24)39(36,37)34(22-25-8-3-2-4-9-25)27-16-18-28(19-17-27)38-23-32(35)33-31-13-7-11-26-10-5-6-12-30(26)31/h2-21H,22-23H2,1H3,(H,33,35). The number of rotatable bonds is 9. The summed E-state index contributed by atoms with van der Waals surface area (Å²) in [4.78, 5) is 12.8.